The molecule has 1 atom stereocenters. The number of amides is 1. The molecule has 2 rings (SSSR count). The summed E-state index contributed by atoms with van der Waals surface area (Å²) >= 11 is 0. The molecule has 0 N–H and O–H groups in total. The van der Waals surface area contributed by atoms with Gasteiger partial charge in [0.15, 0.2) is 0 Å². The van der Waals surface area contributed by atoms with Crippen molar-refractivity contribution in [3.8, 4) is 0 Å². The molecule has 1 aliphatic rings. The van der Waals surface area contributed by atoms with E-state index in [9.17, 15) is 19.2 Å². The molecule has 1 aliphatic heterocycles. The molecule has 1 unspecified atom stereocenters. The molecule has 146 valence electrons. The van der Waals surface area contributed by atoms with E-state index >= 15 is 0 Å². The van der Waals surface area contributed by atoms with Gasteiger partial charge in [-0.3, -0.25) is 14.4 Å². The van der Waals surface area contributed by atoms with Gasteiger partial charge in [0.05, 0.1) is 6.61 Å². The van der Waals surface area contributed by atoms with Gasteiger partial charge in [0.1, 0.15) is 11.8 Å². The Morgan fingerprint density at radius 1 is 1.07 bits per heavy atom. The van der Waals surface area contributed by atoms with Crippen LogP contribution in [-0.4, -0.2) is 47.5 Å². The first-order valence-electron chi connectivity index (χ1n) is 9.59. The molecule has 0 aromatic heterocycles. The third kappa shape index (κ3) is 6.31. The highest BCUT2D eigenvalue weighted by Crippen LogP contribution is 2.20. The molecule has 1 aromatic carbocycles. The molecule has 0 spiro atoms. The van der Waals surface area contributed by atoms with Crippen LogP contribution in [0.25, 0.3) is 0 Å². The molecule has 27 heavy (non-hydrogen) atoms. The standard InChI is InChI=1S/C21H27NO5/c1-2-27-21(26)20(25)18-12-7-15-22(18)19(24)14-13-17(23)11-6-10-16-8-4-3-5-9-16/h3-5,8-9,18H,2,6-7,10-15H2,1H3. The summed E-state index contributed by atoms with van der Waals surface area (Å²) in [6, 6.07) is 9.22. The number of hydrogen-bond donors (Lipinski definition) is 0. The van der Waals surface area contributed by atoms with Crippen LogP contribution in [0.1, 0.15) is 51.0 Å². The first-order chi connectivity index (χ1) is 13.0. The Kier molecular flexibility index (Phi) is 8.17. The molecule has 1 amide bonds. The van der Waals surface area contributed by atoms with Crippen LogP contribution in [-0.2, 0) is 30.3 Å². The Labute approximate surface area is 159 Å². The van der Waals surface area contributed by atoms with Crippen molar-refractivity contribution in [2.75, 3.05) is 13.2 Å². The van der Waals surface area contributed by atoms with Gasteiger partial charge in [-0.15, -0.1) is 0 Å². The zero-order chi connectivity index (χ0) is 19.6. The van der Waals surface area contributed by atoms with Crippen LogP contribution >= 0.6 is 0 Å². The highest BCUT2D eigenvalue weighted by Gasteiger charge is 2.37. The van der Waals surface area contributed by atoms with Gasteiger partial charge in [-0.25, -0.2) is 4.79 Å². The number of carbonyl (C=O) groups is 4. The summed E-state index contributed by atoms with van der Waals surface area (Å²) in [6.07, 6.45) is 3.42. The topological polar surface area (TPSA) is 80.8 Å². The quantitative estimate of drug-likeness (QED) is 0.465. The smallest absolute Gasteiger partial charge is 0.376 e. The normalized spacial score (nSPS) is 16.2. The van der Waals surface area contributed by atoms with Crippen LogP contribution in [0.2, 0.25) is 0 Å². The Bertz CT molecular complexity index is 670. The van der Waals surface area contributed by atoms with Crippen LogP contribution in [0.4, 0.5) is 0 Å². The van der Waals surface area contributed by atoms with Crippen molar-refractivity contribution < 1.29 is 23.9 Å². The first-order valence-corrected chi connectivity index (χ1v) is 9.59. The predicted octanol–water partition coefficient (Wildman–Crippen LogP) is 2.48. The average Bonchev–Trinajstić information content (AvgIpc) is 3.16. The summed E-state index contributed by atoms with van der Waals surface area (Å²) in [5.74, 6) is -1.76. The zero-order valence-electron chi connectivity index (χ0n) is 15.8. The number of ether oxygens (including phenoxy) is 1. The Morgan fingerprint density at radius 2 is 1.81 bits per heavy atom. The number of esters is 1. The fraction of sp³-hybridized carbons (Fsp3) is 0.524. The van der Waals surface area contributed by atoms with Crippen molar-refractivity contribution in [1.82, 2.24) is 4.90 Å². The van der Waals surface area contributed by atoms with E-state index in [4.69, 9.17) is 4.74 Å². The minimum absolute atomic E-state index is 0.0479. The van der Waals surface area contributed by atoms with Crippen LogP contribution in [0.15, 0.2) is 30.3 Å². The molecule has 0 aliphatic carbocycles. The second-order valence-corrected chi connectivity index (χ2v) is 6.71. The van der Waals surface area contributed by atoms with Gasteiger partial charge in [0.2, 0.25) is 5.91 Å². The van der Waals surface area contributed by atoms with Gasteiger partial charge in [0.25, 0.3) is 5.78 Å². The molecule has 1 saturated heterocycles. The maximum Gasteiger partial charge on any atom is 0.376 e. The van der Waals surface area contributed by atoms with Crippen molar-refractivity contribution in [1.29, 1.82) is 0 Å². The molecule has 1 heterocycles. The van der Waals surface area contributed by atoms with E-state index in [0.717, 1.165) is 12.8 Å². The lowest BCUT2D eigenvalue weighted by Crippen LogP contribution is -2.43. The van der Waals surface area contributed by atoms with Crippen molar-refractivity contribution >= 4 is 23.4 Å². The molecular weight excluding hydrogens is 346 g/mol. The summed E-state index contributed by atoms with van der Waals surface area (Å²) < 4.78 is 4.74. The minimum Gasteiger partial charge on any atom is -0.460 e. The van der Waals surface area contributed by atoms with Gasteiger partial charge in [-0.1, -0.05) is 30.3 Å². The molecular formula is C21H27NO5. The Balaban J connectivity index is 1.74. The summed E-state index contributed by atoms with van der Waals surface area (Å²) in [5.41, 5.74) is 1.19. The van der Waals surface area contributed by atoms with Crippen LogP contribution < -0.4 is 0 Å². The highest BCUT2D eigenvalue weighted by molar-refractivity contribution is 6.36. The number of rotatable bonds is 10. The maximum atomic E-state index is 12.4. The van der Waals surface area contributed by atoms with E-state index in [1.807, 2.05) is 30.3 Å². The summed E-state index contributed by atoms with van der Waals surface area (Å²) in [7, 11) is 0. The second kappa shape index (κ2) is 10.6. The zero-order valence-corrected chi connectivity index (χ0v) is 15.8. The number of carbonyl (C=O) groups excluding carboxylic acids is 4. The van der Waals surface area contributed by atoms with E-state index in [2.05, 4.69) is 0 Å². The lowest BCUT2D eigenvalue weighted by Gasteiger charge is -2.22. The number of nitrogens with zero attached hydrogens (tertiary/aromatic N) is 1. The Morgan fingerprint density at radius 3 is 2.52 bits per heavy atom. The number of benzene rings is 1. The molecule has 1 aromatic rings. The van der Waals surface area contributed by atoms with E-state index in [0.29, 0.717) is 25.8 Å². The van der Waals surface area contributed by atoms with Crippen molar-refractivity contribution in [2.24, 2.45) is 0 Å². The highest BCUT2D eigenvalue weighted by atomic mass is 16.5. The average molecular weight is 373 g/mol. The van der Waals surface area contributed by atoms with Crippen molar-refractivity contribution in [3.63, 3.8) is 0 Å². The van der Waals surface area contributed by atoms with Crippen LogP contribution in [0.5, 0.6) is 0 Å². The lowest BCUT2D eigenvalue weighted by molar-refractivity contribution is -0.156. The largest absolute Gasteiger partial charge is 0.460 e. The predicted molar refractivity (Wildman–Crippen MR) is 100.0 cm³/mol. The fourth-order valence-electron chi connectivity index (χ4n) is 3.33. The van der Waals surface area contributed by atoms with Gasteiger partial charge in [-0.05, 0) is 38.2 Å². The number of likely N-dealkylation sites (tertiary alicyclic amines) is 1. The van der Waals surface area contributed by atoms with Crippen molar-refractivity contribution in [3.05, 3.63) is 35.9 Å². The Hall–Kier alpha value is -2.50. The number of hydrogen-bond acceptors (Lipinski definition) is 5. The summed E-state index contributed by atoms with van der Waals surface area (Å²) in [4.78, 5) is 49.7. The van der Waals surface area contributed by atoms with Crippen LogP contribution in [0.3, 0.4) is 0 Å². The van der Waals surface area contributed by atoms with Crippen LogP contribution in [0, 0.1) is 0 Å². The first kappa shape index (κ1) is 20.8. The van der Waals surface area contributed by atoms with E-state index in [1.165, 1.54) is 10.5 Å². The SMILES string of the molecule is CCOC(=O)C(=O)C1CCCN1C(=O)CCC(=O)CCCc1ccccc1. The molecule has 1 fully saturated rings. The minimum atomic E-state index is -0.890. The van der Waals surface area contributed by atoms with Crippen molar-refractivity contribution in [2.45, 2.75) is 57.9 Å². The third-order valence-corrected chi connectivity index (χ3v) is 4.73. The number of ketones is 2. The lowest BCUT2D eigenvalue weighted by atomic mass is 10.0. The molecule has 0 radical (unpaired) electrons. The summed E-state index contributed by atoms with van der Waals surface area (Å²) in [5, 5.41) is 0. The van der Waals surface area contributed by atoms with E-state index in [1.54, 1.807) is 6.92 Å². The third-order valence-electron chi connectivity index (χ3n) is 4.73. The van der Waals surface area contributed by atoms with Gasteiger partial charge >= 0.3 is 5.97 Å². The maximum absolute atomic E-state index is 12.4. The monoisotopic (exact) mass is 373 g/mol. The van der Waals surface area contributed by atoms with E-state index in [-0.39, 0.29) is 31.1 Å². The molecule has 6 heteroatoms. The second-order valence-electron chi connectivity index (χ2n) is 6.71. The fourth-order valence-corrected chi connectivity index (χ4v) is 3.33. The summed E-state index contributed by atoms with van der Waals surface area (Å²) in [6.45, 7) is 2.20. The van der Waals surface area contributed by atoms with Gasteiger partial charge in [0, 0.05) is 25.8 Å². The number of Topliss-reactive ketones (excluding diaryl/α,β-unsaturated/α-hetero) is 2. The van der Waals surface area contributed by atoms with Gasteiger partial charge < -0.3 is 9.64 Å². The molecule has 6 nitrogen and oxygen atoms in total. The molecule has 0 saturated carbocycles. The number of aryl methyl sites for hydroxylation is 1. The molecule has 0 bridgehead atoms. The van der Waals surface area contributed by atoms with E-state index < -0.39 is 17.8 Å². The van der Waals surface area contributed by atoms with Gasteiger partial charge in [-0.2, -0.15) is 0 Å².